The SMILES string of the molecule is Cc1cc(-c2[c-]cccc2)nc[c]1[Ge]([CH3])([CH3])[CH3].[Ir].[c-]1ccc2c(sc3cc(-c4ccccc4)ccc32)c1-c1cc(C2CCCCC2)ccn1. The van der Waals surface area contributed by atoms with E-state index in [1.807, 2.05) is 35.7 Å². The van der Waals surface area contributed by atoms with Gasteiger partial charge < -0.3 is 4.98 Å². The molecule has 0 N–H and O–H groups in total. The van der Waals surface area contributed by atoms with Gasteiger partial charge in [0.1, 0.15) is 0 Å². The first-order valence-electron chi connectivity index (χ1n) is 17.2. The van der Waals surface area contributed by atoms with Crippen molar-refractivity contribution in [2.45, 2.75) is 62.2 Å². The van der Waals surface area contributed by atoms with Crippen LogP contribution in [-0.4, -0.2) is 23.2 Å². The van der Waals surface area contributed by atoms with E-state index in [0.717, 1.165) is 22.5 Å². The Balaban J connectivity index is 0.000000198. The van der Waals surface area contributed by atoms with Crippen LogP contribution in [0.2, 0.25) is 17.3 Å². The number of aromatic nitrogens is 2. The van der Waals surface area contributed by atoms with Gasteiger partial charge in [0.05, 0.1) is 0 Å². The number of benzene rings is 4. The molecule has 3 heterocycles. The summed E-state index contributed by atoms with van der Waals surface area (Å²) in [6.07, 6.45) is 10.8. The van der Waals surface area contributed by atoms with Gasteiger partial charge in [-0.05, 0) is 57.8 Å². The van der Waals surface area contributed by atoms with Crippen molar-refractivity contribution in [2.24, 2.45) is 0 Å². The van der Waals surface area contributed by atoms with Gasteiger partial charge in [-0.2, -0.15) is 11.3 Å². The monoisotopic (exact) mass is 897 g/mol. The molecule has 249 valence electrons. The van der Waals surface area contributed by atoms with Crippen molar-refractivity contribution >= 4 is 49.2 Å². The molecule has 0 saturated heterocycles. The molecule has 7 aromatic rings. The second-order valence-corrected chi connectivity index (χ2v) is 25.6. The third-order valence-electron chi connectivity index (χ3n) is 9.56. The first-order chi connectivity index (χ1) is 23.3. The van der Waals surface area contributed by atoms with Gasteiger partial charge in [0.25, 0.3) is 0 Å². The molecule has 1 aliphatic rings. The van der Waals surface area contributed by atoms with Crippen LogP contribution in [0.3, 0.4) is 0 Å². The number of nitrogens with zero attached hydrogens (tertiary/aromatic N) is 2. The summed E-state index contributed by atoms with van der Waals surface area (Å²) in [5, 5.41) is 2.62. The molecule has 4 aromatic carbocycles. The fraction of sp³-hybridized carbons (Fsp3) is 0.227. The number of hydrogen-bond acceptors (Lipinski definition) is 3. The summed E-state index contributed by atoms with van der Waals surface area (Å²) < 4.78 is 4.10. The molecule has 0 atom stereocenters. The minimum absolute atomic E-state index is 0. The Bertz CT molecular complexity index is 2160. The first kappa shape index (κ1) is 35.4. The van der Waals surface area contributed by atoms with Gasteiger partial charge in [-0.1, -0.05) is 78.7 Å². The average molecular weight is 896 g/mol. The molecule has 0 aliphatic heterocycles. The number of rotatable bonds is 5. The van der Waals surface area contributed by atoms with Gasteiger partial charge in [0.15, 0.2) is 0 Å². The molecule has 0 unspecified atom stereocenters. The van der Waals surface area contributed by atoms with Crippen molar-refractivity contribution in [3.8, 4) is 33.6 Å². The van der Waals surface area contributed by atoms with E-state index in [2.05, 4.69) is 132 Å². The molecule has 2 nitrogen and oxygen atoms in total. The summed E-state index contributed by atoms with van der Waals surface area (Å²) in [4.78, 5) is 9.36. The molecule has 0 bridgehead atoms. The Morgan fingerprint density at radius 3 is 2.24 bits per heavy atom. The van der Waals surface area contributed by atoms with Gasteiger partial charge in [0, 0.05) is 31.0 Å². The van der Waals surface area contributed by atoms with E-state index in [0.29, 0.717) is 5.92 Å². The number of thiophene rings is 1. The van der Waals surface area contributed by atoms with Crippen molar-refractivity contribution in [2.75, 3.05) is 0 Å². The second kappa shape index (κ2) is 15.6. The van der Waals surface area contributed by atoms with Crippen molar-refractivity contribution in [1.29, 1.82) is 0 Å². The van der Waals surface area contributed by atoms with Crippen LogP contribution < -0.4 is 4.40 Å². The summed E-state index contributed by atoms with van der Waals surface area (Å²) in [5.41, 5.74) is 9.64. The maximum atomic E-state index is 4.77. The van der Waals surface area contributed by atoms with Gasteiger partial charge in [-0.15, -0.1) is 23.8 Å². The topological polar surface area (TPSA) is 25.8 Å². The molecule has 1 aliphatic carbocycles. The summed E-state index contributed by atoms with van der Waals surface area (Å²) in [6.45, 7) is 2.19. The maximum Gasteiger partial charge on any atom is 0.0245 e. The molecule has 1 saturated carbocycles. The average Bonchev–Trinajstić information content (AvgIpc) is 3.51. The minimum Gasteiger partial charge on any atom is -0.305 e. The van der Waals surface area contributed by atoms with E-state index in [9.17, 15) is 0 Å². The zero-order chi connectivity index (χ0) is 33.1. The third kappa shape index (κ3) is 7.99. The van der Waals surface area contributed by atoms with Crippen molar-refractivity contribution in [3.05, 3.63) is 139 Å². The summed E-state index contributed by atoms with van der Waals surface area (Å²) in [7, 11) is 0. The van der Waals surface area contributed by atoms with E-state index in [4.69, 9.17) is 4.98 Å². The van der Waals surface area contributed by atoms with Crippen molar-refractivity contribution in [3.63, 3.8) is 0 Å². The Hall–Kier alpha value is -3.41. The Kier molecular flexibility index (Phi) is 11.3. The fourth-order valence-corrected chi connectivity index (χ4v) is 11.9. The van der Waals surface area contributed by atoms with Gasteiger partial charge in [-0.3, -0.25) is 0 Å². The summed E-state index contributed by atoms with van der Waals surface area (Å²) in [6, 6.07) is 43.2. The Labute approximate surface area is 311 Å². The van der Waals surface area contributed by atoms with Crippen LogP contribution in [0.4, 0.5) is 0 Å². The Morgan fingerprint density at radius 2 is 1.51 bits per heavy atom. The van der Waals surface area contributed by atoms with E-state index in [1.54, 1.807) is 0 Å². The maximum absolute atomic E-state index is 4.77. The molecule has 3 aromatic heterocycles. The van der Waals surface area contributed by atoms with Crippen LogP contribution in [0.15, 0.2) is 116 Å². The van der Waals surface area contributed by atoms with Crippen LogP contribution in [0.25, 0.3) is 53.8 Å². The predicted octanol–water partition coefficient (Wildman–Crippen LogP) is 12.0. The molecule has 49 heavy (non-hydrogen) atoms. The van der Waals surface area contributed by atoms with Gasteiger partial charge in [0.2, 0.25) is 0 Å². The van der Waals surface area contributed by atoms with E-state index < -0.39 is 13.3 Å². The summed E-state index contributed by atoms with van der Waals surface area (Å²) in [5.74, 6) is 7.89. The minimum atomic E-state index is -1.77. The summed E-state index contributed by atoms with van der Waals surface area (Å²) >= 11 is 0.0895. The van der Waals surface area contributed by atoms with Crippen molar-refractivity contribution in [1.82, 2.24) is 9.97 Å². The molecule has 5 heteroatoms. The number of aryl methyl sites for hydroxylation is 1. The molecule has 0 amide bonds. The van der Waals surface area contributed by atoms with Crippen LogP contribution in [0.1, 0.15) is 49.1 Å². The molecule has 1 radical (unpaired) electrons. The largest absolute Gasteiger partial charge is 0.305 e. The normalized spacial score (nSPS) is 13.5. The predicted molar refractivity (Wildman–Crippen MR) is 209 cm³/mol. The molecule has 1 fully saturated rings. The van der Waals surface area contributed by atoms with E-state index in [-0.39, 0.29) is 20.1 Å². The molecular weight excluding hydrogens is 853 g/mol. The van der Waals surface area contributed by atoms with Crippen LogP contribution >= 0.6 is 11.3 Å². The quantitative estimate of drug-likeness (QED) is 0.127. The van der Waals surface area contributed by atoms with Gasteiger partial charge in [-0.25, -0.2) is 0 Å². The zero-order valence-electron chi connectivity index (χ0n) is 28.7. The Morgan fingerprint density at radius 1 is 0.714 bits per heavy atom. The smallest absolute Gasteiger partial charge is 0.0245 e. The van der Waals surface area contributed by atoms with Crippen LogP contribution in [0, 0.1) is 19.1 Å². The second-order valence-electron chi connectivity index (χ2n) is 14.0. The third-order valence-corrected chi connectivity index (χ3v) is 15.2. The van der Waals surface area contributed by atoms with E-state index >= 15 is 0 Å². The molecule has 0 spiro atoms. The number of fused-ring (bicyclic) bond motifs is 3. The molecular formula is C44H42GeIrN2S-2. The van der Waals surface area contributed by atoms with Crippen LogP contribution in [-0.2, 0) is 20.1 Å². The number of pyridine rings is 2. The fourth-order valence-electron chi connectivity index (χ4n) is 7.06. The molecule has 8 rings (SSSR count). The standard InChI is InChI=1S/C29H24NS.C15H18GeN.Ir/c1-3-8-20(9-4-1)22-14-15-24-25-12-7-13-26(29(25)31-28(24)19-22)27-18-23(16-17-30-27)21-10-5-2-6-11-21;1-12-10-15(13-8-6-5-7-9-13)17-11-14(12)16(2,3)4;/h1,3-4,7-9,12,14-19,21H,2,5-6,10-11H2;5-8,10-11H,1-4H3;/q2*-1;. The zero-order valence-corrected chi connectivity index (χ0v) is 34.0. The number of hydrogen-bond donors (Lipinski definition) is 0. The van der Waals surface area contributed by atoms with Crippen LogP contribution in [0.5, 0.6) is 0 Å². The first-order valence-corrected chi connectivity index (χ1v) is 25.3. The van der Waals surface area contributed by atoms with E-state index in [1.165, 1.54) is 78.9 Å². The van der Waals surface area contributed by atoms with Crippen molar-refractivity contribution < 1.29 is 20.1 Å². The van der Waals surface area contributed by atoms with Gasteiger partial charge >= 0.3 is 106 Å².